The molecule has 2 amide bonds. The van der Waals surface area contributed by atoms with E-state index in [1.54, 1.807) is 45.0 Å². The Labute approximate surface area is 149 Å². The summed E-state index contributed by atoms with van der Waals surface area (Å²) >= 11 is 1.35. The smallest absolute Gasteiger partial charge is 0.261 e. The van der Waals surface area contributed by atoms with Crippen LogP contribution in [0.1, 0.15) is 20.8 Å². The standard InChI is InChI=1S/C17H20N2O5S/c1-9(24-10-7-5-4-6-8-10)13(20)18-11-14(21)19-12(16(22)23)17(2,3)25-15(11)19/h4-9,11-12,15H,1-3H3,(H,18,20)(H,22,23)/p-1/t9-,11+,12-,15-/m1/s1. The zero-order chi connectivity index (χ0) is 18.4. The summed E-state index contributed by atoms with van der Waals surface area (Å²) in [5, 5.41) is 13.6. The molecule has 134 valence electrons. The van der Waals surface area contributed by atoms with Crippen LogP contribution in [0, 0.1) is 0 Å². The molecule has 2 heterocycles. The van der Waals surface area contributed by atoms with Gasteiger partial charge in [0.05, 0.1) is 12.0 Å². The molecule has 25 heavy (non-hydrogen) atoms. The van der Waals surface area contributed by atoms with Crippen LogP contribution in [0.25, 0.3) is 0 Å². The van der Waals surface area contributed by atoms with Crippen molar-refractivity contribution in [1.29, 1.82) is 0 Å². The van der Waals surface area contributed by atoms with Crippen molar-refractivity contribution in [3.05, 3.63) is 30.3 Å². The van der Waals surface area contributed by atoms with E-state index < -0.39 is 46.1 Å². The molecule has 0 unspecified atom stereocenters. The summed E-state index contributed by atoms with van der Waals surface area (Å²) in [5.74, 6) is -1.55. The van der Waals surface area contributed by atoms with Gasteiger partial charge < -0.3 is 24.9 Å². The first kappa shape index (κ1) is 17.6. The van der Waals surface area contributed by atoms with Gasteiger partial charge in [-0.25, -0.2) is 0 Å². The number of carboxylic acid groups (broad SMARTS) is 1. The molecule has 7 nitrogen and oxygen atoms in total. The van der Waals surface area contributed by atoms with Crippen molar-refractivity contribution in [1.82, 2.24) is 10.2 Å². The summed E-state index contributed by atoms with van der Waals surface area (Å²) in [6, 6.07) is 7.16. The molecule has 0 saturated carbocycles. The maximum atomic E-state index is 12.3. The maximum absolute atomic E-state index is 12.3. The molecule has 2 aliphatic heterocycles. The number of β-lactam (4-membered cyclic amide) rings is 1. The van der Waals surface area contributed by atoms with Gasteiger partial charge in [0, 0.05) is 4.75 Å². The lowest BCUT2D eigenvalue weighted by molar-refractivity contribution is -0.312. The molecular weight excluding hydrogens is 344 g/mol. The van der Waals surface area contributed by atoms with E-state index in [-0.39, 0.29) is 0 Å². The van der Waals surface area contributed by atoms with Crippen molar-refractivity contribution in [2.75, 3.05) is 0 Å². The molecule has 0 bridgehead atoms. The second kappa shape index (κ2) is 6.25. The first-order valence-corrected chi connectivity index (χ1v) is 8.83. The number of carbonyl (C=O) groups is 3. The van der Waals surface area contributed by atoms with Crippen LogP contribution in [0.2, 0.25) is 0 Å². The largest absolute Gasteiger partial charge is 0.548 e. The minimum atomic E-state index is -1.28. The fraction of sp³-hybridized carbons (Fsp3) is 0.471. The molecule has 2 saturated heterocycles. The van der Waals surface area contributed by atoms with Gasteiger partial charge in [-0.1, -0.05) is 18.2 Å². The zero-order valence-corrected chi connectivity index (χ0v) is 14.9. The number of nitrogens with zero attached hydrogens (tertiary/aromatic N) is 1. The lowest BCUT2D eigenvalue weighted by atomic mass is 9.96. The molecule has 3 rings (SSSR count). The Bertz CT molecular complexity index is 708. The third kappa shape index (κ3) is 3.06. The lowest BCUT2D eigenvalue weighted by Crippen LogP contribution is -2.72. The molecular formula is C17H19N2O5S-. The highest BCUT2D eigenvalue weighted by atomic mass is 32.2. The van der Waals surface area contributed by atoms with Gasteiger partial charge in [-0.15, -0.1) is 11.8 Å². The van der Waals surface area contributed by atoms with Crippen LogP contribution in [0.15, 0.2) is 30.3 Å². The normalized spacial score (nSPS) is 27.9. The quantitative estimate of drug-likeness (QED) is 0.725. The zero-order valence-electron chi connectivity index (χ0n) is 14.1. The monoisotopic (exact) mass is 363 g/mol. The number of ether oxygens (including phenoxy) is 1. The van der Waals surface area contributed by atoms with Gasteiger partial charge in [-0.05, 0) is 32.9 Å². The van der Waals surface area contributed by atoms with Crippen LogP contribution in [-0.4, -0.2) is 51.0 Å². The average Bonchev–Trinajstić information content (AvgIpc) is 2.81. The second-order valence-electron chi connectivity index (χ2n) is 6.64. The highest BCUT2D eigenvalue weighted by molar-refractivity contribution is 8.01. The predicted molar refractivity (Wildman–Crippen MR) is 89.6 cm³/mol. The van der Waals surface area contributed by atoms with Crippen molar-refractivity contribution in [2.24, 2.45) is 0 Å². The summed E-state index contributed by atoms with van der Waals surface area (Å²) in [5.41, 5.74) is 0. The van der Waals surface area contributed by atoms with Gasteiger partial charge in [0.25, 0.3) is 5.91 Å². The van der Waals surface area contributed by atoms with E-state index in [0.717, 1.165) is 0 Å². The van der Waals surface area contributed by atoms with E-state index in [2.05, 4.69) is 5.32 Å². The van der Waals surface area contributed by atoms with Crippen molar-refractivity contribution in [3.63, 3.8) is 0 Å². The lowest BCUT2D eigenvalue weighted by Gasteiger charge is -2.45. The van der Waals surface area contributed by atoms with E-state index in [0.29, 0.717) is 5.75 Å². The molecule has 4 atom stereocenters. The van der Waals surface area contributed by atoms with Gasteiger partial charge in [-0.3, -0.25) is 9.59 Å². The van der Waals surface area contributed by atoms with Crippen LogP contribution in [0.5, 0.6) is 5.75 Å². The second-order valence-corrected chi connectivity index (χ2v) is 8.41. The third-order valence-corrected chi connectivity index (χ3v) is 5.96. The fourth-order valence-corrected chi connectivity index (χ4v) is 4.77. The van der Waals surface area contributed by atoms with E-state index in [9.17, 15) is 19.5 Å². The number of rotatable bonds is 5. The number of amides is 2. The summed E-state index contributed by atoms with van der Waals surface area (Å²) < 4.78 is 4.87. The van der Waals surface area contributed by atoms with Crippen molar-refractivity contribution in [3.8, 4) is 5.75 Å². The minimum Gasteiger partial charge on any atom is -0.548 e. The van der Waals surface area contributed by atoms with E-state index in [4.69, 9.17) is 4.74 Å². The molecule has 2 fully saturated rings. The van der Waals surface area contributed by atoms with Gasteiger partial charge in [-0.2, -0.15) is 0 Å². The van der Waals surface area contributed by atoms with Gasteiger partial charge in [0.1, 0.15) is 17.2 Å². The third-order valence-electron chi connectivity index (χ3n) is 4.39. The maximum Gasteiger partial charge on any atom is 0.261 e. The van der Waals surface area contributed by atoms with Crippen LogP contribution >= 0.6 is 11.8 Å². The van der Waals surface area contributed by atoms with Crippen molar-refractivity contribution in [2.45, 2.75) is 49.1 Å². The number of carboxylic acids is 1. The first-order valence-electron chi connectivity index (χ1n) is 7.95. The Hall–Kier alpha value is -2.22. The highest BCUT2D eigenvalue weighted by Crippen LogP contribution is 2.50. The van der Waals surface area contributed by atoms with Crippen molar-refractivity contribution < 1.29 is 24.2 Å². The molecule has 0 spiro atoms. The SMILES string of the molecule is C[C@@H](Oc1ccccc1)C(=O)N[C@H]1C(=O)N2[C@@H]1SC(C)(C)[C@H]2C(=O)[O-]. The van der Waals surface area contributed by atoms with E-state index in [1.165, 1.54) is 16.7 Å². The number of para-hydroxylation sites is 1. The Balaban J connectivity index is 1.64. The predicted octanol–water partition coefficient (Wildman–Crippen LogP) is -0.249. The van der Waals surface area contributed by atoms with Gasteiger partial charge in [0.15, 0.2) is 6.10 Å². The molecule has 8 heteroatoms. The summed E-state index contributed by atoms with van der Waals surface area (Å²) in [4.78, 5) is 37.3. The van der Waals surface area contributed by atoms with E-state index >= 15 is 0 Å². The van der Waals surface area contributed by atoms with Crippen molar-refractivity contribution >= 4 is 29.5 Å². The van der Waals surface area contributed by atoms with Gasteiger partial charge >= 0.3 is 0 Å². The summed E-state index contributed by atoms with van der Waals surface area (Å²) in [7, 11) is 0. The average molecular weight is 363 g/mol. The number of hydrogen-bond acceptors (Lipinski definition) is 6. The summed E-state index contributed by atoms with van der Waals surface area (Å²) in [6.07, 6.45) is -0.777. The number of nitrogens with one attached hydrogen (secondary N) is 1. The highest BCUT2D eigenvalue weighted by Gasteiger charge is 2.62. The Morgan fingerprint density at radius 1 is 1.32 bits per heavy atom. The van der Waals surface area contributed by atoms with E-state index in [1.807, 2.05) is 6.07 Å². The molecule has 0 radical (unpaired) electrons. The topological polar surface area (TPSA) is 98.8 Å². The molecule has 0 aromatic heterocycles. The van der Waals surface area contributed by atoms with Crippen LogP contribution in [0.3, 0.4) is 0 Å². The molecule has 0 aliphatic carbocycles. The van der Waals surface area contributed by atoms with Crippen LogP contribution < -0.4 is 15.2 Å². The number of hydrogen-bond donors (Lipinski definition) is 1. The number of carbonyl (C=O) groups excluding carboxylic acids is 3. The minimum absolute atomic E-state index is 0.404. The molecule has 1 N–H and O–H groups in total. The molecule has 2 aliphatic rings. The summed E-state index contributed by atoms with van der Waals surface area (Å²) in [6.45, 7) is 5.10. The molecule has 1 aromatic carbocycles. The number of fused-ring (bicyclic) bond motifs is 1. The number of thioether (sulfide) groups is 1. The Morgan fingerprint density at radius 2 is 1.96 bits per heavy atom. The Kier molecular flexibility index (Phi) is 4.40. The number of benzene rings is 1. The molecule has 1 aromatic rings. The van der Waals surface area contributed by atoms with Crippen LogP contribution in [0.4, 0.5) is 0 Å². The van der Waals surface area contributed by atoms with Gasteiger partial charge in [0.2, 0.25) is 5.91 Å². The number of aliphatic carboxylic acids is 1. The fourth-order valence-electron chi connectivity index (χ4n) is 3.15. The first-order chi connectivity index (χ1) is 11.7. The van der Waals surface area contributed by atoms with Crippen LogP contribution in [-0.2, 0) is 14.4 Å². The Morgan fingerprint density at radius 3 is 2.56 bits per heavy atom.